The second-order valence-corrected chi connectivity index (χ2v) is 3.71. The van der Waals surface area contributed by atoms with E-state index < -0.39 is 0 Å². The van der Waals surface area contributed by atoms with Gasteiger partial charge in [0, 0.05) is 0 Å². The summed E-state index contributed by atoms with van der Waals surface area (Å²) in [6.07, 6.45) is 1.11. The highest BCUT2D eigenvalue weighted by Gasteiger charge is 2.10. The average molecular weight is 171 g/mol. The number of aliphatic imine (C=N–C) groups is 1. The molecule has 0 aliphatic carbocycles. The molecule has 64 valence electrons. The van der Waals surface area contributed by atoms with E-state index in [0.717, 1.165) is 18.3 Å². The lowest BCUT2D eigenvalue weighted by Gasteiger charge is -2.16. The normalized spacial score (nSPS) is 15.7. The van der Waals surface area contributed by atoms with Crippen LogP contribution >= 0.6 is 12.2 Å². The average Bonchev–Trinajstić information content (AvgIpc) is 1.87. The molecule has 0 saturated carbocycles. The fourth-order valence-electron chi connectivity index (χ4n) is 0.953. The van der Waals surface area contributed by atoms with Crippen LogP contribution in [0.2, 0.25) is 0 Å². The number of isothiocyanates is 1. The van der Waals surface area contributed by atoms with E-state index in [9.17, 15) is 0 Å². The highest BCUT2D eigenvalue weighted by molar-refractivity contribution is 7.78. The van der Waals surface area contributed by atoms with Crippen molar-refractivity contribution in [2.75, 3.05) is 0 Å². The van der Waals surface area contributed by atoms with Gasteiger partial charge >= 0.3 is 0 Å². The predicted molar refractivity (Wildman–Crippen MR) is 53.1 cm³/mol. The highest BCUT2D eigenvalue weighted by Crippen LogP contribution is 2.16. The van der Waals surface area contributed by atoms with Gasteiger partial charge in [-0.15, -0.1) is 0 Å². The van der Waals surface area contributed by atoms with Gasteiger partial charge < -0.3 is 0 Å². The van der Waals surface area contributed by atoms with Crippen LogP contribution in [0.15, 0.2) is 4.99 Å². The summed E-state index contributed by atoms with van der Waals surface area (Å²) in [6.45, 7) is 8.80. The molecule has 0 radical (unpaired) electrons. The van der Waals surface area contributed by atoms with E-state index in [-0.39, 0.29) is 0 Å². The van der Waals surface area contributed by atoms with Crippen molar-refractivity contribution in [2.24, 2.45) is 16.8 Å². The summed E-state index contributed by atoms with van der Waals surface area (Å²) in [4.78, 5) is 4.01. The van der Waals surface area contributed by atoms with E-state index in [2.05, 4.69) is 50.1 Å². The smallest absolute Gasteiger partial charge is 0.0587 e. The number of nitrogens with zero attached hydrogens (tertiary/aromatic N) is 1. The first-order valence-corrected chi connectivity index (χ1v) is 4.55. The molecule has 11 heavy (non-hydrogen) atoms. The zero-order valence-electron chi connectivity index (χ0n) is 7.79. The van der Waals surface area contributed by atoms with Gasteiger partial charge in [0.05, 0.1) is 11.2 Å². The quantitative estimate of drug-likeness (QED) is 0.467. The third-order valence-electron chi connectivity index (χ3n) is 2.12. The van der Waals surface area contributed by atoms with Crippen LogP contribution in [0, 0.1) is 11.8 Å². The molecule has 2 heteroatoms. The van der Waals surface area contributed by atoms with E-state index in [1.807, 2.05) is 0 Å². The Morgan fingerprint density at radius 1 is 1.27 bits per heavy atom. The van der Waals surface area contributed by atoms with Gasteiger partial charge in [0.15, 0.2) is 0 Å². The van der Waals surface area contributed by atoms with Crippen LogP contribution in [0.3, 0.4) is 0 Å². The van der Waals surface area contributed by atoms with Crippen LogP contribution in [-0.2, 0) is 0 Å². The molecule has 2 unspecified atom stereocenters. The number of thiocarbonyl (C=S) groups is 1. The highest BCUT2D eigenvalue weighted by atomic mass is 32.1. The fourth-order valence-corrected chi connectivity index (χ4v) is 1.13. The van der Waals surface area contributed by atoms with E-state index in [1.165, 1.54) is 0 Å². The Morgan fingerprint density at radius 3 is 2.18 bits per heavy atom. The van der Waals surface area contributed by atoms with Gasteiger partial charge in [-0.3, -0.25) is 0 Å². The standard InChI is InChI=1S/C9H17NS/c1-7(2)8(3)5-9(4)10-6-11/h7-9H,5H2,1-4H3. The predicted octanol–water partition coefficient (Wildman–Crippen LogP) is 3.16. The molecule has 0 aromatic carbocycles. The van der Waals surface area contributed by atoms with Crippen LogP contribution in [0.4, 0.5) is 0 Å². The van der Waals surface area contributed by atoms with E-state index >= 15 is 0 Å². The SMILES string of the molecule is CC(CC(C)C(C)C)N=C=S. The van der Waals surface area contributed by atoms with Gasteiger partial charge in [-0.1, -0.05) is 20.8 Å². The Morgan fingerprint density at radius 2 is 1.82 bits per heavy atom. The maximum atomic E-state index is 4.53. The zero-order chi connectivity index (χ0) is 8.85. The molecule has 1 nitrogen and oxygen atoms in total. The van der Waals surface area contributed by atoms with Crippen molar-refractivity contribution in [1.29, 1.82) is 0 Å². The van der Waals surface area contributed by atoms with Crippen molar-refractivity contribution in [3.8, 4) is 0 Å². The largest absolute Gasteiger partial charge is 0.229 e. The Kier molecular flexibility index (Phi) is 5.35. The van der Waals surface area contributed by atoms with Crippen molar-refractivity contribution < 1.29 is 0 Å². The van der Waals surface area contributed by atoms with Gasteiger partial charge in [-0.05, 0) is 37.4 Å². The molecular formula is C9H17NS. The van der Waals surface area contributed by atoms with Gasteiger partial charge in [-0.2, -0.15) is 0 Å². The van der Waals surface area contributed by atoms with E-state index in [1.54, 1.807) is 0 Å². The summed E-state index contributed by atoms with van der Waals surface area (Å²) in [7, 11) is 0. The zero-order valence-corrected chi connectivity index (χ0v) is 8.61. The number of rotatable bonds is 4. The lowest BCUT2D eigenvalue weighted by atomic mass is 9.92. The third-order valence-corrected chi connectivity index (χ3v) is 2.23. The molecule has 0 aromatic rings. The molecular weight excluding hydrogens is 154 g/mol. The summed E-state index contributed by atoms with van der Waals surface area (Å²) >= 11 is 4.53. The van der Waals surface area contributed by atoms with Crippen LogP contribution in [0.25, 0.3) is 0 Å². The Hall–Kier alpha value is -0.200. The molecule has 0 aromatic heterocycles. The maximum absolute atomic E-state index is 4.53. The molecule has 0 aliphatic heterocycles. The fraction of sp³-hybridized carbons (Fsp3) is 0.889. The number of hydrogen-bond donors (Lipinski definition) is 0. The first-order valence-electron chi connectivity index (χ1n) is 4.15. The van der Waals surface area contributed by atoms with Gasteiger partial charge in [-0.25, -0.2) is 4.99 Å². The molecule has 0 saturated heterocycles. The topological polar surface area (TPSA) is 12.4 Å². The van der Waals surface area contributed by atoms with Crippen molar-refractivity contribution in [3.05, 3.63) is 0 Å². The van der Waals surface area contributed by atoms with Crippen LogP contribution < -0.4 is 0 Å². The molecule has 0 fully saturated rings. The molecule has 0 amide bonds. The summed E-state index contributed by atoms with van der Waals surface area (Å²) in [5.41, 5.74) is 0. The minimum atomic E-state index is 0.338. The molecule has 0 heterocycles. The van der Waals surface area contributed by atoms with Crippen molar-refractivity contribution in [2.45, 2.75) is 40.2 Å². The maximum Gasteiger partial charge on any atom is 0.0587 e. The minimum Gasteiger partial charge on any atom is -0.229 e. The van der Waals surface area contributed by atoms with Gasteiger partial charge in [0.25, 0.3) is 0 Å². The Labute approximate surface area is 74.9 Å². The second kappa shape index (κ2) is 5.45. The molecule has 0 rings (SSSR count). The third kappa shape index (κ3) is 5.11. The molecule has 0 aliphatic rings. The van der Waals surface area contributed by atoms with Gasteiger partial charge in [0.2, 0.25) is 0 Å². The van der Waals surface area contributed by atoms with Crippen molar-refractivity contribution in [1.82, 2.24) is 0 Å². The molecule has 2 atom stereocenters. The van der Waals surface area contributed by atoms with E-state index in [0.29, 0.717) is 6.04 Å². The summed E-state index contributed by atoms with van der Waals surface area (Å²) in [5, 5.41) is 2.42. The lowest BCUT2D eigenvalue weighted by Crippen LogP contribution is -2.10. The van der Waals surface area contributed by atoms with Crippen molar-refractivity contribution in [3.63, 3.8) is 0 Å². The first-order chi connectivity index (χ1) is 5.07. The summed E-state index contributed by atoms with van der Waals surface area (Å²) < 4.78 is 0. The summed E-state index contributed by atoms with van der Waals surface area (Å²) in [5.74, 6) is 1.45. The van der Waals surface area contributed by atoms with Crippen molar-refractivity contribution >= 4 is 17.4 Å². The Bertz CT molecular complexity index is 148. The molecule has 0 bridgehead atoms. The first kappa shape index (κ1) is 10.8. The van der Waals surface area contributed by atoms with E-state index in [4.69, 9.17) is 0 Å². The Balaban J connectivity index is 3.74. The number of hydrogen-bond acceptors (Lipinski definition) is 2. The van der Waals surface area contributed by atoms with Gasteiger partial charge in [0.1, 0.15) is 0 Å². The van der Waals surface area contributed by atoms with Crippen LogP contribution in [0.5, 0.6) is 0 Å². The second-order valence-electron chi connectivity index (χ2n) is 3.53. The van der Waals surface area contributed by atoms with Crippen LogP contribution in [0.1, 0.15) is 34.1 Å². The molecule has 0 N–H and O–H groups in total. The van der Waals surface area contributed by atoms with Crippen LogP contribution in [-0.4, -0.2) is 11.2 Å². The minimum absolute atomic E-state index is 0.338. The monoisotopic (exact) mass is 171 g/mol. The summed E-state index contributed by atoms with van der Waals surface area (Å²) in [6, 6.07) is 0.338. The molecule has 0 spiro atoms. The lowest BCUT2D eigenvalue weighted by molar-refractivity contribution is 0.370.